The van der Waals surface area contributed by atoms with Gasteiger partial charge in [-0.3, -0.25) is 4.79 Å². The summed E-state index contributed by atoms with van der Waals surface area (Å²) in [7, 11) is 0. The second-order valence-electron chi connectivity index (χ2n) is 10.1. The number of fused-ring (bicyclic) bond motifs is 1. The summed E-state index contributed by atoms with van der Waals surface area (Å²) in [5.41, 5.74) is -0.654. The maximum absolute atomic E-state index is 13.8. The molecule has 0 bridgehead atoms. The van der Waals surface area contributed by atoms with E-state index in [2.05, 4.69) is 6.92 Å². The van der Waals surface area contributed by atoms with Crippen molar-refractivity contribution in [3.8, 4) is 11.8 Å². The molecule has 3 aliphatic carbocycles. The third-order valence-electron chi connectivity index (χ3n) is 8.46. The van der Waals surface area contributed by atoms with Crippen LogP contribution in [0.4, 0.5) is 8.78 Å². The molecular weight excluding hydrogens is 396 g/mol. The van der Waals surface area contributed by atoms with Crippen LogP contribution in [0.1, 0.15) is 83.1 Å². The number of rotatable bonds is 4. The van der Waals surface area contributed by atoms with Crippen LogP contribution in [-0.2, 0) is 4.79 Å². The maximum atomic E-state index is 13.8. The molecule has 3 saturated carbocycles. The Kier molecular flexibility index (Phi) is 6.94. The summed E-state index contributed by atoms with van der Waals surface area (Å²) in [6.07, 6.45) is 13.3. The van der Waals surface area contributed by atoms with Gasteiger partial charge in [-0.15, -0.1) is 0 Å². The fourth-order valence-electron chi connectivity index (χ4n) is 6.56. The van der Waals surface area contributed by atoms with Crippen LogP contribution < -0.4 is 4.74 Å². The minimum absolute atomic E-state index is 0.165. The lowest BCUT2D eigenvalue weighted by Crippen LogP contribution is -2.35. The van der Waals surface area contributed by atoms with E-state index in [1.54, 1.807) is 0 Å². The number of carbonyl (C=O) groups excluding carboxylic acids is 1. The van der Waals surface area contributed by atoms with Gasteiger partial charge in [0.15, 0.2) is 0 Å². The van der Waals surface area contributed by atoms with E-state index < -0.39 is 23.2 Å². The van der Waals surface area contributed by atoms with E-state index in [0.29, 0.717) is 5.92 Å². The van der Waals surface area contributed by atoms with Gasteiger partial charge in [-0.25, -0.2) is 8.78 Å². The van der Waals surface area contributed by atoms with Crippen molar-refractivity contribution in [3.05, 3.63) is 29.3 Å². The molecule has 5 heteroatoms. The summed E-state index contributed by atoms with van der Waals surface area (Å²) in [6.45, 7) is 2.33. The molecule has 0 N–H and O–H groups in total. The van der Waals surface area contributed by atoms with Gasteiger partial charge >= 0.3 is 5.97 Å². The molecule has 0 heterocycles. The average Bonchev–Trinajstić information content (AvgIpc) is 2.78. The number of benzene rings is 1. The van der Waals surface area contributed by atoms with Gasteiger partial charge in [0, 0.05) is 12.1 Å². The molecule has 168 valence electrons. The van der Waals surface area contributed by atoms with E-state index in [9.17, 15) is 13.6 Å². The molecule has 0 saturated heterocycles. The molecule has 0 amide bonds. The Balaban J connectivity index is 1.27. The Bertz CT molecular complexity index is 817. The summed E-state index contributed by atoms with van der Waals surface area (Å²) in [5.74, 6) is 1.48. The maximum Gasteiger partial charge on any atom is 0.314 e. The average molecular weight is 430 g/mol. The molecule has 3 fully saturated rings. The molecule has 4 rings (SSSR count). The Morgan fingerprint density at radius 3 is 2.10 bits per heavy atom. The highest BCUT2D eigenvalue weighted by Crippen LogP contribution is 2.49. The predicted octanol–water partition coefficient (Wildman–Crippen LogP) is 6.79. The van der Waals surface area contributed by atoms with E-state index in [4.69, 9.17) is 10.00 Å². The molecule has 4 unspecified atom stereocenters. The van der Waals surface area contributed by atoms with Crippen molar-refractivity contribution in [2.45, 2.75) is 77.6 Å². The van der Waals surface area contributed by atoms with Crippen molar-refractivity contribution in [2.24, 2.45) is 35.5 Å². The van der Waals surface area contributed by atoms with Gasteiger partial charge in [-0.2, -0.15) is 5.26 Å². The fraction of sp³-hybridized carbons (Fsp3) is 0.692. The number of ether oxygens (including phenoxy) is 1. The lowest BCUT2D eigenvalue weighted by atomic mass is 9.61. The molecule has 0 aromatic heterocycles. The quantitative estimate of drug-likeness (QED) is 0.391. The number of nitriles is 1. The Labute approximate surface area is 184 Å². The minimum Gasteiger partial charge on any atom is -0.426 e. The predicted molar refractivity (Wildman–Crippen MR) is 114 cm³/mol. The lowest BCUT2D eigenvalue weighted by molar-refractivity contribution is -0.140. The van der Waals surface area contributed by atoms with E-state index in [-0.39, 0.29) is 11.7 Å². The summed E-state index contributed by atoms with van der Waals surface area (Å²) >= 11 is 0. The molecule has 1 aromatic rings. The van der Waals surface area contributed by atoms with Crippen LogP contribution in [0, 0.1) is 58.5 Å². The highest BCUT2D eigenvalue weighted by molar-refractivity contribution is 5.75. The zero-order valence-electron chi connectivity index (χ0n) is 18.4. The molecule has 1 aromatic carbocycles. The molecule has 3 aliphatic rings. The summed E-state index contributed by atoms with van der Waals surface area (Å²) in [5, 5.41) is 8.76. The molecule has 4 atom stereocenters. The largest absolute Gasteiger partial charge is 0.426 e. The highest BCUT2D eigenvalue weighted by atomic mass is 19.1. The van der Waals surface area contributed by atoms with E-state index in [1.165, 1.54) is 51.0 Å². The normalized spacial score (nSPS) is 33.2. The highest BCUT2D eigenvalue weighted by Gasteiger charge is 2.39. The summed E-state index contributed by atoms with van der Waals surface area (Å²) < 4.78 is 32.8. The van der Waals surface area contributed by atoms with E-state index >= 15 is 0 Å². The van der Waals surface area contributed by atoms with E-state index in [0.717, 1.165) is 61.5 Å². The molecule has 31 heavy (non-hydrogen) atoms. The van der Waals surface area contributed by atoms with Crippen molar-refractivity contribution in [1.82, 2.24) is 0 Å². The van der Waals surface area contributed by atoms with Crippen LogP contribution in [0.15, 0.2) is 12.1 Å². The number of hydrogen-bond acceptors (Lipinski definition) is 3. The van der Waals surface area contributed by atoms with Crippen molar-refractivity contribution in [3.63, 3.8) is 0 Å². The van der Waals surface area contributed by atoms with Crippen LogP contribution in [0.25, 0.3) is 0 Å². The third-order valence-corrected chi connectivity index (χ3v) is 8.46. The Morgan fingerprint density at radius 1 is 0.935 bits per heavy atom. The van der Waals surface area contributed by atoms with Gasteiger partial charge in [0.25, 0.3) is 0 Å². The SMILES string of the molecule is CCC1CCC2CC(C3CCC(C(=O)Oc4cc(F)c(C#N)c(F)c4)CC3)CCC2C1. The second-order valence-corrected chi connectivity index (χ2v) is 10.1. The molecule has 3 nitrogen and oxygen atoms in total. The van der Waals surface area contributed by atoms with Gasteiger partial charge < -0.3 is 4.74 Å². The zero-order valence-corrected chi connectivity index (χ0v) is 18.4. The van der Waals surface area contributed by atoms with E-state index in [1.807, 2.05) is 0 Å². The van der Waals surface area contributed by atoms with Crippen molar-refractivity contribution in [1.29, 1.82) is 5.26 Å². The lowest BCUT2D eigenvalue weighted by Gasteiger charge is -2.45. The molecule has 0 aliphatic heterocycles. The molecule has 0 radical (unpaired) electrons. The number of carbonyl (C=O) groups is 1. The first kappa shape index (κ1) is 22.2. The van der Waals surface area contributed by atoms with Crippen LogP contribution >= 0.6 is 0 Å². The molecular formula is C26H33F2NO2. The second kappa shape index (κ2) is 9.67. The van der Waals surface area contributed by atoms with Gasteiger partial charge in [-0.05, 0) is 87.4 Å². The first-order chi connectivity index (χ1) is 15.0. The topological polar surface area (TPSA) is 50.1 Å². The van der Waals surface area contributed by atoms with Crippen LogP contribution in [0.5, 0.6) is 5.75 Å². The van der Waals surface area contributed by atoms with Crippen LogP contribution in [0.2, 0.25) is 0 Å². The monoisotopic (exact) mass is 429 g/mol. The Hall–Kier alpha value is -1.96. The first-order valence-corrected chi connectivity index (χ1v) is 12.1. The van der Waals surface area contributed by atoms with Crippen LogP contribution in [-0.4, -0.2) is 5.97 Å². The third kappa shape index (κ3) is 4.94. The smallest absolute Gasteiger partial charge is 0.314 e. The number of halogens is 2. The van der Waals surface area contributed by atoms with Gasteiger partial charge in [0.05, 0.1) is 5.92 Å². The summed E-state index contributed by atoms with van der Waals surface area (Å²) in [6, 6.07) is 3.30. The van der Waals surface area contributed by atoms with Crippen molar-refractivity contribution < 1.29 is 18.3 Å². The first-order valence-electron chi connectivity index (χ1n) is 12.1. The van der Waals surface area contributed by atoms with Crippen molar-refractivity contribution in [2.75, 3.05) is 0 Å². The number of nitrogens with zero attached hydrogens (tertiary/aromatic N) is 1. The minimum atomic E-state index is -1.00. The van der Waals surface area contributed by atoms with Crippen molar-refractivity contribution >= 4 is 5.97 Å². The molecule has 0 spiro atoms. The zero-order chi connectivity index (χ0) is 22.0. The number of esters is 1. The van der Waals surface area contributed by atoms with Gasteiger partial charge in [0.1, 0.15) is 29.0 Å². The summed E-state index contributed by atoms with van der Waals surface area (Å²) in [4.78, 5) is 12.5. The van der Waals surface area contributed by atoms with Gasteiger partial charge in [-0.1, -0.05) is 19.8 Å². The Morgan fingerprint density at radius 2 is 1.48 bits per heavy atom. The number of hydrogen-bond donors (Lipinski definition) is 0. The van der Waals surface area contributed by atoms with Crippen LogP contribution in [0.3, 0.4) is 0 Å². The fourth-order valence-corrected chi connectivity index (χ4v) is 6.56. The van der Waals surface area contributed by atoms with Gasteiger partial charge in [0.2, 0.25) is 0 Å². The standard InChI is InChI=1S/C26H33F2NO2/c1-2-16-3-4-21-12-20(10-9-19(21)11-16)17-5-7-18(8-6-17)26(30)31-22-13-24(27)23(15-29)25(28)14-22/h13-14,16-21H,2-12H2,1H3.